The Morgan fingerprint density at radius 1 is 1.18 bits per heavy atom. The van der Waals surface area contributed by atoms with Crippen LogP contribution in [0, 0.1) is 0 Å². The number of carbonyl (C=O) groups excluding carboxylic acids is 1. The van der Waals surface area contributed by atoms with Gasteiger partial charge in [-0.25, -0.2) is 9.59 Å². The summed E-state index contributed by atoms with van der Waals surface area (Å²) >= 11 is 0. The number of hydrogen-bond donors (Lipinski definition) is 2. The number of carbonyl (C=O) groups is 2. The average Bonchev–Trinajstić information content (AvgIpc) is 2.55. The van der Waals surface area contributed by atoms with E-state index in [-0.39, 0.29) is 13.2 Å². The van der Waals surface area contributed by atoms with Crippen LogP contribution in [0.15, 0.2) is 30.3 Å². The molecule has 118 valence electrons. The summed E-state index contributed by atoms with van der Waals surface area (Å²) in [6.45, 7) is 0.433. The Labute approximate surface area is 128 Å². The molecule has 6 nitrogen and oxygen atoms in total. The first kappa shape index (κ1) is 14.8. The minimum Gasteiger partial charge on any atom is -0.479 e. The zero-order valence-electron chi connectivity index (χ0n) is 12.2. The van der Waals surface area contributed by atoms with Crippen molar-refractivity contribution in [1.29, 1.82) is 0 Å². The molecule has 2 N–H and O–H groups in total. The molecule has 1 saturated carbocycles. The van der Waals surface area contributed by atoms with Crippen LogP contribution in [0.3, 0.4) is 0 Å². The lowest BCUT2D eigenvalue weighted by molar-refractivity contribution is -0.195. The smallest absolute Gasteiger partial charge is 0.407 e. The number of carboxylic acids is 1. The second kappa shape index (κ2) is 5.61. The predicted molar refractivity (Wildman–Crippen MR) is 77.3 cm³/mol. The molecule has 3 fully saturated rings. The van der Waals surface area contributed by atoms with Gasteiger partial charge in [-0.3, -0.25) is 0 Å². The van der Waals surface area contributed by atoms with E-state index in [0.717, 1.165) is 5.56 Å². The van der Waals surface area contributed by atoms with Crippen molar-refractivity contribution in [2.24, 2.45) is 0 Å². The summed E-state index contributed by atoms with van der Waals surface area (Å²) in [5.74, 6) is -0.910. The molecule has 3 aliphatic rings. The molecule has 2 bridgehead atoms. The summed E-state index contributed by atoms with van der Waals surface area (Å²) in [5, 5.41) is 12.1. The largest absolute Gasteiger partial charge is 0.479 e. The third-order valence-corrected chi connectivity index (χ3v) is 4.61. The number of ether oxygens (including phenoxy) is 2. The van der Waals surface area contributed by atoms with E-state index in [0.29, 0.717) is 25.7 Å². The van der Waals surface area contributed by atoms with Crippen LogP contribution in [-0.4, -0.2) is 34.9 Å². The van der Waals surface area contributed by atoms with Gasteiger partial charge in [-0.1, -0.05) is 30.3 Å². The summed E-state index contributed by atoms with van der Waals surface area (Å²) in [6.07, 6.45) is 1.54. The van der Waals surface area contributed by atoms with Gasteiger partial charge in [0, 0.05) is 0 Å². The summed E-state index contributed by atoms with van der Waals surface area (Å²) in [7, 11) is 0. The minimum absolute atomic E-state index is 0.211. The van der Waals surface area contributed by atoms with Gasteiger partial charge in [0.05, 0.1) is 12.1 Å². The first-order chi connectivity index (χ1) is 10.5. The van der Waals surface area contributed by atoms with Crippen molar-refractivity contribution in [1.82, 2.24) is 5.32 Å². The third-order valence-electron chi connectivity index (χ3n) is 4.61. The van der Waals surface area contributed by atoms with Crippen LogP contribution >= 0.6 is 0 Å². The Morgan fingerprint density at radius 2 is 1.86 bits per heavy atom. The number of alkyl carbamates (subject to hydrolysis) is 1. The summed E-state index contributed by atoms with van der Waals surface area (Å²) in [6, 6.07) is 9.45. The summed E-state index contributed by atoms with van der Waals surface area (Å²) in [4.78, 5) is 23.3. The minimum atomic E-state index is -1.06. The van der Waals surface area contributed by atoms with Crippen LogP contribution in [-0.2, 0) is 20.9 Å². The van der Waals surface area contributed by atoms with Gasteiger partial charge < -0.3 is 19.9 Å². The highest BCUT2D eigenvalue weighted by atomic mass is 16.6. The highest BCUT2D eigenvalue weighted by Crippen LogP contribution is 2.43. The molecular formula is C16H19NO5. The van der Waals surface area contributed by atoms with Crippen LogP contribution in [0.25, 0.3) is 0 Å². The van der Waals surface area contributed by atoms with Crippen molar-refractivity contribution in [2.75, 3.05) is 6.61 Å². The van der Waals surface area contributed by atoms with Crippen LogP contribution in [0.5, 0.6) is 0 Å². The standard InChI is InChI=1S/C16H19NO5/c18-13(19)16-8-6-15(7-9-16,11-22-16)17-14(20)21-10-12-4-2-1-3-5-12/h1-5H,6-11H2,(H,17,20)(H,18,19). The topological polar surface area (TPSA) is 84.9 Å². The molecule has 0 atom stereocenters. The molecule has 2 aliphatic heterocycles. The zero-order valence-corrected chi connectivity index (χ0v) is 12.2. The lowest BCUT2D eigenvalue weighted by atomic mass is 9.71. The number of hydrogen-bond acceptors (Lipinski definition) is 4. The van der Waals surface area contributed by atoms with Gasteiger partial charge >= 0.3 is 12.1 Å². The quantitative estimate of drug-likeness (QED) is 0.889. The molecule has 2 saturated heterocycles. The Kier molecular flexibility index (Phi) is 3.78. The fourth-order valence-electron chi connectivity index (χ4n) is 3.11. The molecule has 1 aliphatic carbocycles. The van der Waals surface area contributed by atoms with Crippen LogP contribution < -0.4 is 5.32 Å². The maximum atomic E-state index is 12.0. The number of fused-ring (bicyclic) bond motifs is 3. The van der Waals surface area contributed by atoms with Crippen LogP contribution in [0.2, 0.25) is 0 Å². The number of nitrogens with one attached hydrogen (secondary N) is 1. The van der Waals surface area contributed by atoms with Crippen LogP contribution in [0.1, 0.15) is 31.2 Å². The Balaban J connectivity index is 1.54. The van der Waals surface area contributed by atoms with Crippen molar-refractivity contribution in [3.63, 3.8) is 0 Å². The Hall–Kier alpha value is -2.08. The summed E-state index contributed by atoms with van der Waals surface area (Å²) < 4.78 is 10.7. The molecule has 22 heavy (non-hydrogen) atoms. The van der Waals surface area contributed by atoms with Gasteiger partial charge in [0.15, 0.2) is 5.60 Å². The SMILES string of the molecule is O=C(NC12CCC(C(=O)O)(CC1)OC2)OCc1ccccc1. The fraction of sp³-hybridized carbons (Fsp3) is 0.500. The van der Waals surface area contributed by atoms with E-state index in [2.05, 4.69) is 5.32 Å². The normalized spacial score (nSPS) is 29.8. The zero-order chi connectivity index (χ0) is 15.6. The van der Waals surface area contributed by atoms with Gasteiger partial charge in [0.2, 0.25) is 0 Å². The van der Waals surface area contributed by atoms with Gasteiger partial charge in [-0.2, -0.15) is 0 Å². The number of benzene rings is 1. The molecule has 6 heteroatoms. The first-order valence-corrected chi connectivity index (χ1v) is 7.40. The van der Waals surface area contributed by atoms with Gasteiger partial charge in [0.25, 0.3) is 0 Å². The van der Waals surface area contributed by atoms with E-state index in [1.807, 2.05) is 30.3 Å². The van der Waals surface area contributed by atoms with E-state index in [1.54, 1.807) is 0 Å². The molecule has 0 spiro atoms. The highest BCUT2D eigenvalue weighted by molar-refractivity contribution is 5.78. The molecule has 0 aromatic heterocycles. The second-order valence-electron chi connectivity index (χ2n) is 6.06. The van der Waals surface area contributed by atoms with Gasteiger partial charge in [-0.05, 0) is 31.2 Å². The maximum Gasteiger partial charge on any atom is 0.407 e. The lowest BCUT2D eigenvalue weighted by Gasteiger charge is -2.50. The van der Waals surface area contributed by atoms with E-state index in [9.17, 15) is 14.7 Å². The number of aliphatic carboxylic acids is 1. The van der Waals surface area contributed by atoms with E-state index in [4.69, 9.17) is 9.47 Å². The number of amides is 1. The second-order valence-corrected chi connectivity index (χ2v) is 6.06. The monoisotopic (exact) mass is 305 g/mol. The average molecular weight is 305 g/mol. The maximum absolute atomic E-state index is 12.0. The molecule has 2 heterocycles. The van der Waals surface area contributed by atoms with Crippen molar-refractivity contribution in [3.05, 3.63) is 35.9 Å². The molecule has 1 amide bonds. The molecule has 0 unspecified atom stereocenters. The highest BCUT2D eigenvalue weighted by Gasteiger charge is 2.54. The molecule has 1 aromatic carbocycles. The summed E-state index contributed by atoms with van der Waals surface area (Å²) in [5.41, 5.74) is -0.633. The van der Waals surface area contributed by atoms with Gasteiger partial charge in [0.1, 0.15) is 6.61 Å². The molecular weight excluding hydrogens is 286 g/mol. The van der Waals surface area contributed by atoms with Crippen molar-refractivity contribution >= 4 is 12.1 Å². The fourth-order valence-corrected chi connectivity index (χ4v) is 3.11. The van der Waals surface area contributed by atoms with Gasteiger partial charge in [-0.15, -0.1) is 0 Å². The lowest BCUT2D eigenvalue weighted by Crippen LogP contribution is -2.65. The van der Waals surface area contributed by atoms with Crippen molar-refractivity contribution in [2.45, 2.75) is 43.4 Å². The van der Waals surface area contributed by atoms with Crippen LogP contribution in [0.4, 0.5) is 4.79 Å². The predicted octanol–water partition coefficient (Wildman–Crippen LogP) is 2.08. The Morgan fingerprint density at radius 3 is 2.41 bits per heavy atom. The van der Waals surface area contributed by atoms with E-state index in [1.165, 1.54) is 0 Å². The molecule has 4 rings (SSSR count). The van der Waals surface area contributed by atoms with E-state index >= 15 is 0 Å². The first-order valence-electron chi connectivity index (χ1n) is 7.40. The van der Waals surface area contributed by atoms with Crippen molar-refractivity contribution in [3.8, 4) is 0 Å². The van der Waals surface area contributed by atoms with E-state index < -0.39 is 23.2 Å². The number of rotatable bonds is 4. The molecule has 0 radical (unpaired) electrons. The number of carboxylic acid groups (broad SMARTS) is 1. The van der Waals surface area contributed by atoms with Crippen molar-refractivity contribution < 1.29 is 24.2 Å². The Bertz CT molecular complexity index is 547. The molecule has 1 aromatic rings. The third kappa shape index (κ3) is 2.78.